The zero-order valence-corrected chi connectivity index (χ0v) is 18.8. The number of rotatable bonds is 22. The van der Waals surface area contributed by atoms with Gasteiger partial charge in [-0.25, -0.2) is 0 Å². The van der Waals surface area contributed by atoms with Crippen molar-refractivity contribution in [2.45, 2.75) is 135 Å². The number of carboxylic acids is 1. The zero-order valence-electron chi connectivity index (χ0n) is 18.8. The second-order valence-electron chi connectivity index (χ2n) is 8.31. The first-order valence-electron chi connectivity index (χ1n) is 12.1. The van der Waals surface area contributed by atoms with Crippen LogP contribution in [0.4, 0.5) is 0 Å². The van der Waals surface area contributed by atoms with E-state index in [4.69, 9.17) is 5.11 Å². The van der Waals surface area contributed by atoms with Gasteiger partial charge in [0.2, 0.25) is 6.04 Å². The number of carbonyl (C=O) groups is 1. The van der Waals surface area contributed by atoms with Gasteiger partial charge >= 0.3 is 5.97 Å². The Hall–Kier alpha value is -1.39. The van der Waals surface area contributed by atoms with Gasteiger partial charge in [0.15, 0.2) is 0 Å². The Morgan fingerprint density at radius 1 is 0.793 bits per heavy atom. The molecule has 0 amide bonds. The monoisotopic (exact) mass is 411 g/mol. The highest BCUT2D eigenvalue weighted by molar-refractivity contribution is 5.66. The second-order valence-corrected chi connectivity index (χ2v) is 8.31. The van der Waals surface area contributed by atoms with Gasteiger partial charge in [-0.2, -0.15) is 0 Å². The third kappa shape index (κ3) is 21.1. The van der Waals surface area contributed by atoms with E-state index in [-0.39, 0.29) is 11.3 Å². The summed E-state index contributed by atoms with van der Waals surface area (Å²) in [5.74, 6) is -0.875. The van der Waals surface area contributed by atoms with Gasteiger partial charge < -0.3 is 5.11 Å². The van der Waals surface area contributed by atoms with E-state index >= 15 is 0 Å². The van der Waals surface area contributed by atoms with Crippen molar-refractivity contribution in [1.82, 2.24) is 0 Å². The van der Waals surface area contributed by atoms with E-state index in [1.165, 1.54) is 77.0 Å². The van der Waals surface area contributed by atoms with Crippen LogP contribution in [0.2, 0.25) is 0 Å². The van der Waals surface area contributed by atoms with E-state index in [1.807, 2.05) is 0 Å². The fourth-order valence-electron chi connectivity index (χ4n) is 3.65. The van der Waals surface area contributed by atoms with Gasteiger partial charge in [0.25, 0.3) is 0 Å². The smallest absolute Gasteiger partial charge is 0.303 e. The number of nitrogens with zero attached hydrogens (tertiary/aromatic N) is 1. The molecule has 0 spiro atoms. The molecule has 5 heteroatoms. The summed E-state index contributed by atoms with van der Waals surface area (Å²) in [6.45, 7) is 2.26. The Labute approximate surface area is 178 Å². The molecule has 0 heterocycles. The number of hydrogen-bond acceptors (Lipinski definition) is 3. The molecule has 0 rings (SSSR count). The molecule has 0 saturated heterocycles. The average molecular weight is 412 g/mol. The molecule has 1 atom stereocenters. The Bertz CT molecular complexity index is 423. The number of unbranched alkanes of at least 4 members (excludes halogenated alkanes) is 13. The first-order valence-corrected chi connectivity index (χ1v) is 12.1. The van der Waals surface area contributed by atoms with Crippen LogP contribution >= 0.6 is 0 Å². The van der Waals surface area contributed by atoms with Crippen molar-refractivity contribution in [3.8, 4) is 0 Å². The molecule has 0 aromatic heterocycles. The lowest BCUT2D eigenvalue weighted by molar-refractivity contribution is -0.524. The van der Waals surface area contributed by atoms with E-state index in [2.05, 4.69) is 19.1 Å². The van der Waals surface area contributed by atoms with Crippen molar-refractivity contribution in [3.05, 3.63) is 22.3 Å². The molecule has 170 valence electrons. The van der Waals surface area contributed by atoms with Crippen molar-refractivity contribution in [3.63, 3.8) is 0 Å². The van der Waals surface area contributed by atoms with Crippen LogP contribution in [0.3, 0.4) is 0 Å². The van der Waals surface area contributed by atoms with Crippen LogP contribution in [0.1, 0.15) is 129 Å². The predicted octanol–water partition coefficient (Wildman–Crippen LogP) is 7.70. The highest BCUT2D eigenvalue weighted by atomic mass is 16.6. The molecule has 29 heavy (non-hydrogen) atoms. The quantitative estimate of drug-likeness (QED) is 0.0856. The summed E-state index contributed by atoms with van der Waals surface area (Å²) in [6, 6.07) is -0.572. The maximum atomic E-state index is 11.0. The standard InChI is InChI=1S/C24H45NO4/c1-2-3-4-5-6-7-8-9-10-11-12-13-14-15-16-17-18-20-23(25(28)29)21-19-22-24(26)27/h9-10,23H,2-8,11-22H2,1H3,(H,26,27)/b10-9-. The van der Waals surface area contributed by atoms with Gasteiger partial charge in [0.1, 0.15) is 0 Å². The maximum absolute atomic E-state index is 11.0. The number of allylic oxidation sites excluding steroid dienone is 2. The van der Waals surface area contributed by atoms with Crippen molar-refractivity contribution in [2.75, 3.05) is 0 Å². The van der Waals surface area contributed by atoms with Crippen molar-refractivity contribution in [2.24, 2.45) is 0 Å². The highest BCUT2D eigenvalue weighted by Gasteiger charge is 2.19. The topological polar surface area (TPSA) is 80.4 Å². The molecule has 0 aromatic carbocycles. The summed E-state index contributed by atoms with van der Waals surface area (Å²) in [7, 11) is 0. The number of hydrogen-bond donors (Lipinski definition) is 1. The minimum atomic E-state index is -0.875. The van der Waals surface area contributed by atoms with E-state index in [0.717, 1.165) is 19.3 Å². The Balaban J connectivity index is 3.40. The van der Waals surface area contributed by atoms with Crippen molar-refractivity contribution >= 4 is 5.97 Å². The van der Waals surface area contributed by atoms with E-state index < -0.39 is 12.0 Å². The number of carboxylic acid groups (broad SMARTS) is 1. The molecule has 0 saturated carbocycles. The first-order chi connectivity index (χ1) is 14.1. The Kier molecular flexibility index (Phi) is 20.3. The molecular formula is C24H45NO4. The average Bonchev–Trinajstić information content (AvgIpc) is 2.68. The van der Waals surface area contributed by atoms with Gasteiger partial charge in [0, 0.05) is 24.2 Å². The van der Waals surface area contributed by atoms with Crippen LogP contribution in [-0.4, -0.2) is 22.0 Å². The van der Waals surface area contributed by atoms with Gasteiger partial charge in [-0.15, -0.1) is 0 Å². The van der Waals surface area contributed by atoms with Gasteiger partial charge in [0.05, 0.1) is 0 Å². The fourth-order valence-corrected chi connectivity index (χ4v) is 3.65. The van der Waals surface area contributed by atoms with Crippen LogP contribution in [0, 0.1) is 10.1 Å². The summed E-state index contributed by atoms with van der Waals surface area (Å²) in [5.41, 5.74) is 0. The zero-order chi connectivity index (χ0) is 21.6. The molecule has 0 bridgehead atoms. The summed E-state index contributed by atoms with van der Waals surface area (Å²) in [4.78, 5) is 21.3. The third-order valence-corrected chi connectivity index (χ3v) is 5.53. The normalized spacial score (nSPS) is 12.4. The molecule has 0 radical (unpaired) electrons. The summed E-state index contributed by atoms with van der Waals surface area (Å²) in [5, 5.41) is 19.7. The lowest BCUT2D eigenvalue weighted by Crippen LogP contribution is -2.19. The molecule has 0 aliphatic carbocycles. The van der Waals surface area contributed by atoms with Crippen LogP contribution in [0.5, 0.6) is 0 Å². The molecule has 0 aliphatic rings. The number of aliphatic carboxylic acids is 1. The minimum Gasteiger partial charge on any atom is -0.481 e. The number of nitro groups is 1. The van der Waals surface area contributed by atoms with E-state index in [0.29, 0.717) is 19.3 Å². The molecular weight excluding hydrogens is 366 g/mol. The summed E-state index contributed by atoms with van der Waals surface area (Å²) in [6.07, 6.45) is 24.7. The molecule has 0 fully saturated rings. The molecule has 1 N–H and O–H groups in total. The van der Waals surface area contributed by atoms with E-state index in [1.54, 1.807) is 0 Å². The van der Waals surface area contributed by atoms with Crippen molar-refractivity contribution < 1.29 is 14.8 Å². The lowest BCUT2D eigenvalue weighted by Gasteiger charge is -2.08. The first kappa shape index (κ1) is 27.6. The fraction of sp³-hybridized carbons (Fsp3) is 0.875. The predicted molar refractivity (Wildman–Crippen MR) is 121 cm³/mol. The largest absolute Gasteiger partial charge is 0.481 e. The Morgan fingerprint density at radius 2 is 1.24 bits per heavy atom. The van der Waals surface area contributed by atoms with Crippen LogP contribution < -0.4 is 0 Å². The van der Waals surface area contributed by atoms with Gasteiger partial charge in [-0.05, 0) is 38.5 Å². The minimum absolute atomic E-state index is 0.0264. The van der Waals surface area contributed by atoms with Crippen LogP contribution in [0.25, 0.3) is 0 Å². The molecule has 5 nitrogen and oxygen atoms in total. The van der Waals surface area contributed by atoms with Crippen LogP contribution in [0.15, 0.2) is 12.2 Å². The third-order valence-electron chi connectivity index (χ3n) is 5.53. The molecule has 1 unspecified atom stereocenters. The maximum Gasteiger partial charge on any atom is 0.303 e. The second kappa shape index (κ2) is 21.3. The Morgan fingerprint density at radius 3 is 1.72 bits per heavy atom. The molecule has 0 aromatic rings. The van der Waals surface area contributed by atoms with Gasteiger partial charge in [-0.3, -0.25) is 14.9 Å². The van der Waals surface area contributed by atoms with E-state index in [9.17, 15) is 14.9 Å². The SMILES string of the molecule is CCCCCCCC/C=C\CCCCCCCCCC(CCCC(=O)O)[N+](=O)[O-]. The summed E-state index contributed by atoms with van der Waals surface area (Å²) < 4.78 is 0. The van der Waals surface area contributed by atoms with Crippen molar-refractivity contribution in [1.29, 1.82) is 0 Å². The lowest BCUT2D eigenvalue weighted by atomic mass is 10.0. The molecule has 0 aliphatic heterocycles. The van der Waals surface area contributed by atoms with Crippen LogP contribution in [-0.2, 0) is 4.79 Å². The highest BCUT2D eigenvalue weighted by Crippen LogP contribution is 2.15. The van der Waals surface area contributed by atoms with Gasteiger partial charge in [-0.1, -0.05) is 83.3 Å². The summed E-state index contributed by atoms with van der Waals surface area (Å²) >= 11 is 0.